The summed E-state index contributed by atoms with van der Waals surface area (Å²) in [6.45, 7) is 11.7. The minimum absolute atomic E-state index is 0.0446. The molecule has 3 aliphatic rings. The van der Waals surface area contributed by atoms with Gasteiger partial charge in [-0.3, -0.25) is 19.2 Å². The van der Waals surface area contributed by atoms with Crippen molar-refractivity contribution in [2.45, 2.75) is 86.8 Å². The number of nitrogens with zero attached hydrogens (tertiary/aromatic N) is 2. The van der Waals surface area contributed by atoms with Gasteiger partial charge in [-0.05, 0) is 36.3 Å². The fourth-order valence-electron chi connectivity index (χ4n) is 8.32. The van der Waals surface area contributed by atoms with Crippen LogP contribution in [0.2, 0.25) is 0 Å². The Morgan fingerprint density at radius 1 is 1.11 bits per heavy atom. The number of amides is 3. The van der Waals surface area contributed by atoms with Gasteiger partial charge in [0.1, 0.15) is 17.7 Å². The summed E-state index contributed by atoms with van der Waals surface area (Å²) in [5, 5.41) is 13.7. The molecule has 3 aliphatic heterocycles. The van der Waals surface area contributed by atoms with E-state index in [1.807, 2.05) is 62.4 Å². The van der Waals surface area contributed by atoms with E-state index in [2.05, 4.69) is 34.4 Å². The van der Waals surface area contributed by atoms with Crippen molar-refractivity contribution >= 4 is 39.6 Å². The lowest BCUT2D eigenvalue weighted by molar-refractivity contribution is -0.163. The molecule has 0 aliphatic carbocycles. The lowest BCUT2D eigenvalue weighted by Gasteiger charge is -2.40. The van der Waals surface area contributed by atoms with Gasteiger partial charge in [-0.2, -0.15) is 0 Å². The van der Waals surface area contributed by atoms with Gasteiger partial charge >= 0.3 is 5.97 Å². The number of esters is 1. The number of fused-ring (bicyclic) bond motifs is 1. The summed E-state index contributed by atoms with van der Waals surface area (Å²) in [4.78, 5) is 60.2. The van der Waals surface area contributed by atoms with Gasteiger partial charge in [-0.1, -0.05) is 103 Å². The molecule has 2 aromatic rings. The Labute approximate surface area is 320 Å². The zero-order valence-electron chi connectivity index (χ0n) is 30.8. The van der Waals surface area contributed by atoms with Gasteiger partial charge in [-0.15, -0.1) is 13.2 Å². The predicted molar refractivity (Wildman–Crippen MR) is 203 cm³/mol. The van der Waals surface area contributed by atoms with Crippen LogP contribution in [0.4, 0.5) is 0 Å². The molecule has 3 fully saturated rings. The van der Waals surface area contributed by atoms with Gasteiger partial charge in [0.25, 0.3) is 0 Å². The number of alkyl halides is 1. The van der Waals surface area contributed by atoms with Crippen molar-refractivity contribution in [1.29, 1.82) is 0 Å². The van der Waals surface area contributed by atoms with Crippen LogP contribution < -0.4 is 5.32 Å². The standard InChI is InChI=1S/C41H52BrN3O8/c1-6-8-19-32(47)43-31(25-51-5)35(28-17-13-10-14-18-28)52-40(50)33-34-38(48)45(29(24-46)21-26(3)4)37(41(34)22-30(42)36(33)53-41)39(49)44(20-7-2)23-27-15-11-9-12-16-27/h6-7,9-18,26,29-31,33-37,46H,1-2,8,19-25H2,3-5H3,(H,43,47)/t29-,30?,31-,33-,34+,35-,36-,37-,41+/m1/s1. The molecule has 3 saturated heterocycles. The second-order valence-corrected chi connectivity index (χ2v) is 15.8. The maximum atomic E-state index is 14.9. The number of benzene rings is 2. The Morgan fingerprint density at radius 2 is 1.79 bits per heavy atom. The van der Waals surface area contributed by atoms with Crippen molar-refractivity contribution in [2.24, 2.45) is 17.8 Å². The highest BCUT2D eigenvalue weighted by Gasteiger charge is 2.77. The van der Waals surface area contributed by atoms with E-state index >= 15 is 0 Å². The lowest BCUT2D eigenvalue weighted by atomic mass is 9.70. The molecule has 2 N–H and O–H groups in total. The molecule has 286 valence electrons. The van der Waals surface area contributed by atoms with Crippen LogP contribution in [0.1, 0.15) is 56.8 Å². The third-order valence-electron chi connectivity index (χ3n) is 10.5. The molecule has 0 saturated carbocycles. The van der Waals surface area contributed by atoms with Crippen LogP contribution in [0.5, 0.6) is 0 Å². The van der Waals surface area contributed by atoms with E-state index < -0.39 is 59.6 Å². The summed E-state index contributed by atoms with van der Waals surface area (Å²) in [6.07, 6.45) is 2.96. The van der Waals surface area contributed by atoms with Gasteiger partial charge < -0.3 is 34.4 Å². The normalized spacial score (nSPS) is 26.1. The fraction of sp³-hybridized carbons (Fsp3) is 0.512. The van der Waals surface area contributed by atoms with Crippen molar-refractivity contribution in [1.82, 2.24) is 15.1 Å². The number of carbonyl (C=O) groups excluding carboxylic acids is 4. The van der Waals surface area contributed by atoms with E-state index in [4.69, 9.17) is 14.2 Å². The molecule has 0 radical (unpaired) electrons. The van der Waals surface area contributed by atoms with Crippen molar-refractivity contribution in [3.05, 3.63) is 97.1 Å². The maximum absolute atomic E-state index is 14.9. The molecule has 11 nitrogen and oxygen atoms in total. The molecule has 3 amide bonds. The molecule has 1 spiro atoms. The number of likely N-dealkylation sites (tertiary alicyclic amines) is 1. The van der Waals surface area contributed by atoms with Crippen molar-refractivity contribution in [3.8, 4) is 0 Å². The van der Waals surface area contributed by atoms with E-state index in [1.54, 1.807) is 29.2 Å². The Morgan fingerprint density at radius 3 is 2.40 bits per heavy atom. The number of nitrogens with one attached hydrogen (secondary N) is 1. The van der Waals surface area contributed by atoms with Gasteiger partial charge in [0.15, 0.2) is 0 Å². The number of aliphatic hydroxyl groups is 1. The third-order valence-corrected chi connectivity index (χ3v) is 11.3. The van der Waals surface area contributed by atoms with Crippen LogP contribution in [-0.4, -0.2) is 100 Å². The average Bonchev–Trinajstić information content (AvgIpc) is 3.75. The highest BCUT2D eigenvalue weighted by atomic mass is 79.9. The highest BCUT2D eigenvalue weighted by Crippen LogP contribution is 2.61. The van der Waals surface area contributed by atoms with Crippen LogP contribution in [0.25, 0.3) is 0 Å². The topological polar surface area (TPSA) is 135 Å². The van der Waals surface area contributed by atoms with Gasteiger partial charge in [0.2, 0.25) is 17.7 Å². The van der Waals surface area contributed by atoms with E-state index in [-0.39, 0.29) is 55.3 Å². The zero-order chi connectivity index (χ0) is 38.3. The summed E-state index contributed by atoms with van der Waals surface area (Å²) in [7, 11) is 1.50. The number of carbonyl (C=O) groups is 4. The molecule has 2 aromatic carbocycles. The van der Waals surface area contributed by atoms with Gasteiger partial charge in [0.05, 0.1) is 43.2 Å². The first-order valence-corrected chi connectivity index (χ1v) is 19.3. The predicted octanol–water partition coefficient (Wildman–Crippen LogP) is 4.74. The Bertz CT molecular complexity index is 1610. The smallest absolute Gasteiger partial charge is 0.313 e. The average molecular weight is 795 g/mol. The Hall–Kier alpha value is -3.84. The van der Waals surface area contributed by atoms with Crippen LogP contribution in [0.3, 0.4) is 0 Å². The number of hydrogen-bond donors (Lipinski definition) is 2. The third kappa shape index (κ3) is 8.46. The number of ether oxygens (including phenoxy) is 3. The Kier molecular flexibility index (Phi) is 13.7. The minimum Gasteiger partial charge on any atom is -0.455 e. The monoisotopic (exact) mass is 793 g/mol. The van der Waals surface area contributed by atoms with Crippen LogP contribution in [0.15, 0.2) is 86.0 Å². The molecule has 1 unspecified atom stereocenters. The van der Waals surface area contributed by atoms with Gasteiger partial charge in [-0.25, -0.2) is 0 Å². The number of methoxy groups -OCH3 is 1. The van der Waals surface area contributed by atoms with Crippen molar-refractivity contribution in [2.75, 3.05) is 26.9 Å². The largest absolute Gasteiger partial charge is 0.455 e. The molecule has 5 rings (SSSR count). The van der Waals surface area contributed by atoms with Crippen LogP contribution >= 0.6 is 15.9 Å². The maximum Gasteiger partial charge on any atom is 0.313 e. The summed E-state index contributed by atoms with van der Waals surface area (Å²) in [6, 6.07) is 16.1. The SMILES string of the molecule is C=CCCC(=O)N[C@H](COC)[C@H](OC(=O)[C@H]1[C@@H]2O[C@@]3(CC2Br)[C@@H]1C(=O)N([C@@H](CO)CC(C)C)[C@@H]3C(=O)N(CC=C)Cc1ccccc1)c1ccccc1. The zero-order valence-corrected chi connectivity index (χ0v) is 32.4. The van der Waals surface area contributed by atoms with Crippen LogP contribution in [-0.2, 0) is 39.9 Å². The first kappa shape index (κ1) is 40.3. The fourth-order valence-corrected chi connectivity index (χ4v) is 9.26. The number of halogens is 1. The summed E-state index contributed by atoms with van der Waals surface area (Å²) < 4.78 is 18.6. The second-order valence-electron chi connectivity index (χ2n) is 14.6. The number of allylic oxidation sites excluding steroid dienone is 1. The van der Waals surface area contributed by atoms with Crippen molar-refractivity contribution in [3.63, 3.8) is 0 Å². The summed E-state index contributed by atoms with van der Waals surface area (Å²) in [5.74, 6) is -3.74. The number of aliphatic hydroxyl groups excluding tert-OH is 1. The molecular weight excluding hydrogens is 742 g/mol. The lowest BCUT2D eigenvalue weighted by Crippen LogP contribution is -2.59. The summed E-state index contributed by atoms with van der Waals surface area (Å²) in [5.41, 5.74) is 0.162. The molecule has 3 heterocycles. The second kappa shape index (κ2) is 18.0. The van der Waals surface area contributed by atoms with Crippen molar-refractivity contribution < 1.29 is 38.5 Å². The number of rotatable bonds is 19. The summed E-state index contributed by atoms with van der Waals surface area (Å²) >= 11 is 3.75. The molecule has 9 atom stereocenters. The highest BCUT2D eigenvalue weighted by molar-refractivity contribution is 9.09. The minimum atomic E-state index is -1.37. The van der Waals surface area contributed by atoms with E-state index in [1.165, 1.54) is 12.0 Å². The first-order chi connectivity index (χ1) is 25.5. The number of hydrogen-bond acceptors (Lipinski definition) is 8. The molecule has 2 bridgehead atoms. The molecule has 53 heavy (non-hydrogen) atoms. The van der Waals surface area contributed by atoms with E-state index in [0.29, 0.717) is 24.8 Å². The first-order valence-electron chi connectivity index (χ1n) is 18.3. The molecule has 0 aromatic heterocycles. The van der Waals surface area contributed by atoms with Gasteiger partial charge in [0, 0.05) is 31.4 Å². The molecule has 12 heteroatoms. The Balaban J connectivity index is 1.54. The molecular formula is C41H52BrN3O8. The van der Waals surface area contributed by atoms with E-state index in [0.717, 1.165) is 5.56 Å². The van der Waals surface area contributed by atoms with E-state index in [9.17, 15) is 24.3 Å². The van der Waals surface area contributed by atoms with Crippen LogP contribution in [0, 0.1) is 17.8 Å². The quantitative estimate of drug-likeness (QED) is 0.119.